The van der Waals surface area contributed by atoms with Gasteiger partial charge in [0.25, 0.3) is 0 Å². The molecule has 0 amide bonds. The molecule has 0 radical (unpaired) electrons. The zero-order valence-corrected chi connectivity index (χ0v) is 12.9. The van der Waals surface area contributed by atoms with E-state index in [9.17, 15) is 0 Å². The van der Waals surface area contributed by atoms with Crippen molar-refractivity contribution in [2.45, 2.75) is 13.0 Å². The molecule has 0 aliphatic carbocycles. The fraction of sp³-hybridized carbons (Fsp3) is 0.545. The second-order valence-electron chi connectivity index (χ2n) is 3.86. The monoisotopic (exact) mass is 341 g/mol. The molecule has 17 heavy (non-hydrogen) atoms. The second-order valence-corrected chi connectivity index (χ2v) is 4.78. The third-order valence-corrected chi connectivity index (χ3v) is 3.35. The highest BCUT2D eigenvalue weighted by molar-refractivity contribution is 9.10. The van der Waals surface area contributed by atoms with Crippen LogP contribution in [0.1, 0.15) is 18.7 Å². The van der Waals surface area contributed by atoms with Gasteiger partial charge in [-0.2, -0.15) is 0 Å². The lowest BCUT2D eigenvalue weighted by molar-refractivity contribution is 0.182. The molecule has 6 heteroatoms. The van der Waals surface area contributed by atoms with Crippen LogP contribution in [0.2, 0.25) is 0 Å². The molecule has 0 aromatic carbocycles. The Hall–Kier alpha value is 0.130. The Bertz CT molecular complexity index is 315. The Kier molecular flexibility index (Phi) is 8.33. The van der Waals surface area contributed by atoms with Gasteiger partial charge in [-0.25, -0.2) is 0 Å². The average Bonchev–Trinajstić information content (AvgIpc) is 2.30. The molecule has 1 aliphatic heterocycles. The van der Waals surface area contributed by atoms with E-state index in [-0.39, 0.29) is 24.8 Å². The van der Waals surface area contributed by atoms with Crippen molar-refractivity contribution < 1.29 is 0 Å². The van der Waals surface area contributed by atoms with E-state index in [1.54, 1.807) is 0 Å². The first-order valence-corrected chi connectivity index (χ1v) is 6.13. The fourth-order valence-corrected chi connectivity index (χ4v) is 2.13. The highest BCUT2D eigenvalue weighted by Crippen LogP contribution is 2.19. The average molecular weight is 343 g/mol. The van der Waals surface area contributed by atoms with Gasteiger partial charge in [0.2, 0.25) is 0 Å². The molecule has 3 nitrogen and oxygen atoms in total. The number of piperazine rings is 1. The van der Waals surface area contributed by atoms with Crippen molar-refractivity contribution in [2.24, 2.45) is 0 Å². The third-order valence-electron chi connectivity index (χ3n) is 2.88. The van der Waals surface area contributed by atoms with Crippen molar-refractivity contribution in [3.63, 3.8) is 0 Å². The summed E-state index contributed by atoms with van der Waals surface area (Å²) in [6.07, 6.45) is 1.87. The summed E-state index contributed by atoms with van der Waals surface area (Å²) in [5.41, 5.74) is 1.15. The minimum absolute atomic E-state index is 0. The quantitative estimate of drug-likeness (QED) is 0.895. The fourth-order valence-electron chi connectivity index (χ4n) is 1.89. The summed E-state index contributed by atoms with van der Waals surface area (Å²) >= 11 is 3.40. The van der Waals surface area contributed by atoms with Crippen molar-refractivity contribution >= 4 is 40.7 Å². The zero-order valence-electron chi connectivity index (χ0n) is 9.73. The maximum Gasteiger partial charge on any atom is 0.0573 e. The van der Waals surface area contributed by atoms with Gasteiger partial charge in [0.1, 0.15) is 0 Å². The molecule has 1 aliphatic rings. The maximum absolute atomic E-state index is 4.44. The topological polar surface area (TPSA) is 28.2 Å². The Morgan fingerprint density at radius 3 is 2.47 bits per heavy atom. The van der Waals surface area contributed by atoms with Crippen LogP contribution in [0.3, 0.4) is 0 Å². The number of nitrogens with zero attached hydrogens (tertiary/aromatic N) is 2. The molecule has 0 saturated carbocycles. The molecule has 0 spiro atoms. The predicted molar refractivity (Wildman–Crippen MR) is 79.3 cm³/mol. The van der Waals surface area contributed by atoms with Crippen molar-refractivity contribution in [1.82, 2.24) is 15.2 Å². The Morgan fingerprint density at radius 2 is 1.94 bits per heavy atom. The van der Waals surface area contributed by atoms with Crippen LogP contribution in [0.4, 0.5) is 0 Å². The molecule has 2 heterocycles. The summed E-state index contributed by atoms with van der Waals surface area (Å²) in [6, 6.07) is 4.57. The highest BCUT2D eigenvalue weighted by Gasteiger charge is 2.18. The highest BCUT2D eigenvalue weighted by atomic mass is 79.9. The van der Waals surface area contributed by atoms with E-state index < -0.39 is 0 Å². The normalized spacial score (nSPS) is 17.8. The van der Waals surface area contributed by atoms with Crippen molar-refractivity contribution in [3.8, 4) is 0 Å². The largest absolute Gasteiger partial charge is 0.314 e. The van der Waals surface area contributed by atoms with Gasteiger partial charge < -0.3 is 5.32 Å². The molecule has 98 valence electrons. The van der Waals surface area contributed by atoms with E-state index in [2.05, 4.69) is 50.2 Å². The molecular formula is C11H18BrCl2N3. The van der Waals surface area contributed by atoms with Gasteiger partial charge in [0.05, 0.1) is 5.69 Å². The second kappa shape index (κ2) is 8.27. The number of hydrogen-bond donors (Lipinski definition) is 1. The molecule has 1 aromatic rings. The summed E-state index contributed by atoms with van der Waals surface area (Å²) in [5.74, 6) is 0. The zero-order chi connectivity index (χ0) is 10.7. The number of pyridine rings is 1. The van der Waals surface area contributed by atoms with Crippen LogP contribution in [-0.2, 0) is 0 Å². The van der Waals surface area contributed by atoms with Crippen LogP contribution in [-0.4, -0.2) is 36.1 Å². The molecule has 0 unspecified atom stereocenters. The van der Waals surface area contributed by atoms with Crippen LogP contribution >= 0.6 is 40.7 Å². The van der Waals surface area contributed by atoms with E-state index in [0.29, 0.717) is 6.04 Å². The Balaban J connectivity index is 0.00000128. The van der Waals surface area contributed by atoms with Crippen molar-refractivity contribution in [1.29, 1.82) is 0 Å². The van der Waals surface area contributed by atoms with Crippen molar-refractivity contribution in [2.75, 3.05) is 26.2 Å². The molecule has 1 saturated heterocycles. The number of nitrogens with one attached hydrogen (secondary N) is 1. The lowest BCUT2D eigenvalue weighted by Crippen LogP contribution is -2.44. The minimum atomic E-state index is 0. The van der Waals surface area contributed by atoms with Gasteiger partial charge in [0, 0.05) is 42.9 Å². The molecule has 2 rings (SSSR count). The van der Waals surface area contributed by atoms with Gasteiger partial charge in [-0.1, -0.05) is 0 Å². The van der Waals surface area contributed by atoms with Gasteiger partial charge in [-0.3, -0.25) is 9.88 Å². The summed E-state index contributed by atoms with van der Waals surface area (Å²) in [6.45, 7) is 6.61. The van der Waals surface area contributed by atoms with E-state index in [1.165, 1.54) is 0 Å². The van der Waals surface area contributed by atoms with Crippen LogP contribution in [0.15, 0.2) is 22.8 Å². The van der Waals surface area contributed by atoms with Crippen LogP contribution in [0, 0.1) is 0 Å². The van der Waals surface area contributed by atoms with Crippen LogP contribution in [0.5, 0.6) is 0 Å². The van der Waals surface area contributed by atoms with Crippen LogP contribution in [0.25, 0.3) is 0 Å². The summed E-state index contributed by atoms with van der Waals surface area (Å²) < 4.78 is 1.04. The molecular weight excluding hydrogens is 325 g/mol. The molecule has 1 fully saturated rings. The molecule has 1 atom stereocenters. The number of aromatic nitrogens is 1. The van der Waals surface area contributed by atoms with Crippen LogP contribution < -0.4 is 5.32 Å². The lowest BCUT2D eigenvalue weighted by atomic mass is 10.1. The SMILES string of the molecule is C[C@H](c1ccc(Br)cn1)N1CCNCC1.Cl.Cl. The van der Waals surface area contributed by atoms with Gasteiger partial charge in [-0.05, 0) is 35.0 Å². The number of hydrogen-bond acceptors (Lipinski definition) is 3. The van der Waals surface area contributed by atoms with E-state index >= 15 is 0 Å². The smallest absolute Gasteiger partial charge is 0.0573 e. The third kappa shape index (κ3) is 4.72. The van der Waals surface area contributed by atoms with Gasteiger partial charge in [-0.15, -0.1) is 24.8 Å². The first-order valence-electron chi connectivity index (χ1n) is 5.33. The maximum atomic E-state index is 4.44. The summed E-state index contributed by atoms with van der Waals surface area (Å²) in [4.78, 5) is 6.91. The molecule has 1 N–H and O–H groups in total. The first kappa shape index (κ1) is 17.1. The van der Waals surface area contributed by atoms with E-state index in [4.69, 9.17) is 0 Å². The first-order chi connectivity index (χ1) is 7.27. The molecule has 1 aromatic heterocycles. The minimum Gasteiger partial charge on any atom is -0.314 e. The summed E-state index contributed by atoms with van der Waals surface area (Å²) in [7, 11) is 0. The summed E-state index contributed by atoms with van der Waals surface area (Å²) in [5, 5.41) is 3.36. The Morgan fingerprint density at radius 1 is 1.29 bits per heavy atom. The number of rotatable bonds is 2. The van der Waals surface area contributed by atoms with E-state index in [1.807, 2.05) is 6.20 Å². The Labute approximate surface area is 123 Å². The standard InChI is InChI=1S/C11H16BrN3.2ClH/c1-9(15-6-4-13-5-7-15)11-3-2-10(12)8-14-11;;/h2-3,8-9,13H,4-7H2,1H3;2*1H/t9-;;/m1../s1. The van der Waals surface area contributed by atoms with Gasteiger partial charge in [0.15, 0.2) is 0 Å². The lowest BCUT2D eigenvalue weighted by Gasteiger charge is -2.32. The van der Waals surface area contributed by atoms with Crippen molar-refractivity contribution in [3.05, 3.63) is 28.5 Å². The van der Waals surface area contributed by atoms with Gasteiger partial charge >= 0.3 is 0 Å². The predicted octanol–water partition coefficient (Wildman–Crippen LogP) is 2.65. The molecule has 0 bridgehead atoms. The van der Waals surface area contributed by atoms with E-state index in [0.717, 1.165) is 36.3 Å². The number of halogens is 3.